The van der Waals surface area contributed by atoms with E-state index in [4.69, 9.17) is 0 Å². The largest absolute Gasteiger partial charge is 0.295 e. The van der Waals surface area contributed by atoms with E-state index in [9.17, 15) is 4.79 Å². The molecule has 1 unspecified atom stereocenters. The number of rotatable bonds is 3. The maximum atomic E-state index is 11.5. The highest BCUT2D eigenvalue weighted by atomic mass is 16.1. The van der Waals surface area contributed by atoms with Crippen LogP contribution in [0, 0.1) is 5.92 Å². The molecule has 0 aromatic rings. The van der Waals surface area contributed by atoms with Crippen LogP contribution in [-0.2, 0) is 4.79 Å². The lowest BCUT2D eigenvalue weighted by Gasteiger charge is -2.17. The predicted molar refractivity (Wildman–Crippen MR) is 60.2 cm³/mol. The van der Waals surface area contributed by atoms with Gasteiger partial charge in [-0.3, -0.25) is 4.79 Å². The molecule has 78 valence electrons. The van der Waals surface area contributed by atoms with Crippen molar-refractivity contribution in [3.63, 3.8) is 0 Å². The second-order valence-electron chi connectivity index (χ2n) is 4.04. The van der Waals surface area contributed by atoms with Gasteiger partial charge in [0.15, 0.2) is 5.78 Å². The topological polar surface area (TPSA) is 17.1 Å². The molecule has 0 aromatic carbocycles. The summed E-state index contributed by atoms with van der Waals surface area (Å²) >= 11 is 0. The molecule has 0 spiro atoms. The fourth-order valence-corrected chi connectivity index (χ4v) is 1.87. The molecule has 0 fully saturated rings. The average Bonchev–Trinajstić information content (AvgIpc) is 2.19. The summed E-state index contributed by atoms with van der Waals surface area (Å²) in [5.41, 5.74) is 2.43. The maximum Gasteiger partial charge on any atom is 0.158 e. The second-order valence-corrected chi connectivity index (χ2v) is 4.04. The van der Waals surface area contributed by atoms with Gasteiger partial charge in [0.2, 0.25) is 0 Å². The van der Waals surface area contributed by atoms with E-state index in [-0.39, 0.29) is 0 Å². The van der Waals surface area contributed by atoms with Crippen LogP contribution in [0.4, 0.5) is 0 Å². The number of hydrogen-bond acceptors (Lipinski definition) is 1. The number of carbonyl (C=O) groups is 1. The standard InChI is InChI=1S/C13H20O/c1-4-11(5-2)8-12-7-6-10(3)13(14)9-12/h6,8,12H,4-5,7,9H2,1-3H3. The summed E-state index contributed by atoms with van der Waals surface area (Å²) in [6.45, 7) is 6.28. The van der Waals surface area contributed by atoms with E-state index in [1.54, 1.807) is 0 Å². The quantitative estimate of drug-likeness (QED) is 0.624. The smallest absolute Gasteiger partial charge is 0.158 e. The Hall–Kier alpha value is -0.850. The van der Waals surface area contributed by atoms with Gasteiger partial charge in [-0.15, -0.1) is 0 Å². The van der Waals surface area contributed by atoms with Crippen molar-refractivity contribution in [1.29, 1.82) is 0 Å². The molecular formula is C13H20O. The van der Waals surface area contributed by atoms with Gasteiger partial charge in [-0.05, 0) is 37.7 Å². The van der Waals surface area contributed by atoms with Gasteiger partial charge in [0.25, 0.3) is 0 Å². The first-order chi connectivity index (χ1) is 6.67. The number of carbonyl (C=O) groups excluding carboxylic acids is 1. The molecule has 1 nitrogen and oxygen atoms in total. The van der Waals surface area contributed by atoms with Gasteiger partial charge < -0.3 is 0 Å². The fourth-order valence-electron chi connectivity index (χ4n) is 1.87. The normalized spacial score (nSPS) is 21.8. The number of ketones is 1. The summed E-state index contributed by atoms with van der Waals surface area (Å²) in [5.74, 6) is 0.783. The molecule has 0 saturated carbocycles. The van der Waals surface area contributed by atoms with Gasteiger partial charge in [-0.2, -0.15) is 0 Å². The van der Waals surface area contributed by atoms with Gasteiger partial charge in [-0.1, -0.05) is 31.6 Å². The molecule has 1 aliphatic rings. The summed E-state index contributed by atoms with van der Waals surface area (Å²) in [6.07, 6.45) is 8.37. The van der Waals surface area contributed by atoms with Crippen molar-refractivity contribution in [1.82, 2.24) is 0 Å². The van der Waals surface area contributed by atoms with E-state index in [1.165, 1.54) is 5.57 Å². The molecular weight excluding hydrogens is 172 g/mol. The van der Waals surface area contributed by atoms with Gasteiger partial charge in [0, 0.05) is 6.42 Å². The molecule has 1 atom stereocenters. The Kier molecular flexibility index (Phi) is 4.12. The van der Waals surface area contributed by atoms with E-state index in [0.717, 1.165) is 24.8 Å². The van der Waals surface area contributed by atoms with Crippen molar-refractivity contribution in [3.05, 3.63) is 23.3 Å². The van der Waals surface area contributed by atoms with Crippen molar-refractivity contribution in [3.8, 4) is 0 Å². The SMILES string of the molecule is CCC(=CC1CC=C(C)C(=O)C1)CC. The van der Waals surface area contributed by atoms with Gasteiger partial charge in [-0.25, -0.2) is 0 Å². The molecule has 0 radical (unpaired) electrons. The van der Waals surface area contributed by atoms with E-state index in [2.05, 4.69) is 26.0 Å². The summed E-state index contributed by atoms with van der Waals surface area (Å²) < 4.78 is 0. The molecule has 0 heterocycles. The van der Waals surface area contributed by atoms with Crippen LogP contribution in [0.3, 0.4) is 0 Å². The van der Waals surface area contributed by atoms with Crippen LogP contribution in [0.15, 0.2) is 23.3 Å². The zero-order valence-corrected chi connectivity index (χ0v) is 9.47. The van der Waals surface area contributed by atoms with Crippen molar-refractivity contribution < 1.29 is 4.79 Å². The second kappa shape index (κ2) is 5.14. The Bertz CT molecular complexity index is 265. The number of hydrogen-bond donors (Lipinski definition) is 0. The minimum absolute atomic E-state index is 0.323. The third-order valence-electron chi connectivity index (χ3n) is 2.99. The minimum atomic E-state index is 0.323. The summed E-state index contributed by atoms with van der Waals surface area (Å²) in [4.78, 5) is 11.5. The number of Topliss-reactive ketones (excluding diaryl/α,β-unsaturated/α-hetero) is 1. The van der Waals surface area contributed by atoms with Crippen LogP contribution in [-0.4, -0.2) is 5.78 Å². The van der Waals surface area contributed by atoms with E-state index in [1.807, 2.05) is 6.92 Å². The van der Waals surface area contributed by atoms with Crippen LogP contribution < -0.4 is 0 Å². The lowest BCUT2D eigenvalue weighted by molar-refractivity contribution is -0.116. The fraction of sp³-hybridized carbons (Fsp3) is 0.615. The maximum absolute atomic E-state index is 11.5. The number of allylic oxidation sites excluding steroid dienone is 4. The third-order valence-corrected chi connectivity index (χ3v) is 2.99. The minimum Gasteiger partial charge on any atom is -0.295 e. The Balaban J connectivity index is 2.65. The van der Waals surface area contributed by atoms with E-state index in [0.29, 0.717) is 18.1 Å². The molecule has 1 rings (SSSR count). The van der Waals surface area contributed by atoms with Crippen molar-refractivity contribution >= 4 is 5.78 Å². The van der Waals surface area contributed by atoms with Crippen LogP contribution >= 0.6 is 0 Å². The van der Waals surface area contributed by atoms with Gasteiger partial charge >= 0.3 is 0 Å². The van der Waals surface area contributed by atoms with Crippen LogP contribution in [0.1, 0.15) is 46.5 Å². The average molecular weight is 192 g/mol. The van der Waals surface area contributed by atoms with Crippen LogP contribution in [0.25, 0.3) is 0 Å². The van der Waals surface area contributed by atoms with E-state index >= 15 is 0 Å². The van der Waals surface area contributed by atoms with Gasteiger partial charge in [0.1, 0.15) is 0 Å². The van der Waals surface area contributed by atoms with Crippen molar-refractivity contribution in [2.24, 2.45) is 5.92 Å². The first kappa shape index (κ1) is 11.2. The Morgan fingerprint density at radius 1 is 1.50 bits per heavy atom. The van der Waals surface area contributed by atoms with Crippen molar-refractivity contribution in [2.45, 2.75) is 46.5 Å². The Morgan fingerprint density at radius 3 is 2.64 bits per heavy atom. The molecule has 1 aliphatic carbocycles. The highest BCUT2D eigenvalue weighted by molar-refractivity contribution is 5.95. The summed E-state index contributed by atoms with van der Waals surface area (Å²) in [6, 6.07) is 0. The summed E-state index contributed by atoms with van der Waals surface area (Å²) in [5, 5.41) is 0. The molecule has 1 heteroatoms. The Labute approximate surface area is 86.9 Å². The molecule has 0 N–H and O–H groups in total. The lowest BCUT2D eigenvalue weighted by atomic mass is 9.87. The molecule has 0 amide bonds. The van der Waals surface area contributed by atoms with Crippen LogP contribution in [0.5, 0.6) is 0 Å². The van der Waals surface area contributed by atoms with Crippen molar-refractivity contribution in [2.75, 3.05) is 0 Å². The predicted octanol–water partition coefficient (Wildman–Crippen LogP) is 3.66. The van der Waals surface area contributed by atoms with Crippen LogP contribution in [0.2, 0.25) is 0 Å². The van der Waals surface area contributed by atoms with E-state index < -0.39 is 0 Å². The van der Waals surface area contributed by atoms with Gasteiger partial charge in [0.05, 0.1) is 0 Å². The molecule has 0 aromatic heterocycles. The highest BCUT2D eigenvalue weighted by Gasteiger charge is 2.17. The lowest BCUT2D eigenvalue weighted by Crippen LogP contribution is -2.12. The molecule has 0 aliphatic heterocycles. The Morgan fingerprint density at radius 2 is 2.14 bits per heavy atom. The first-order valence-electron chi connectivity index (χ1n) is 5.56. The zero-order valence-electron chi connectivity index (χ0n) is 9.47. The molecule has 0 saturated heterocycles. The summed E-state index contributed by atoms with van der Waals surface area (Å²) in [7, 11) is 0. The molecule has 0 bridgehead atoms. The zero-order chi connectivity index (χ0) is 10.6. The highest BCUT2D eigenvalue weighted by Crippen LogP contribution is 2.24. The monoisotopic (exact) mass is 192 g/mol. The third kappa shape index (κ3) is 2.83. The first-order valence-corrected chi connectivity index (χ1v) is 5.56. The molecule has 14 heavy (non-hydrogen) atoms.